The number of aliphatic hydroxyl groups excluding tert-OH is 1. The average Bonchev–Trinajstić information content (AvgIpc) is 2.42. The van der Waals surface area contributed by atoms with Crippen LogP contribution in [0, 0.1) is 0 Å². The Morgan fingerprint density at radius 2 is 2.14 bits per heavy atom. The van der Waals surface area contributed by atoms with Gasteiger partial charge in [0.15, 0.2) is 6.10 Å². The molecule has 0 aromatic heterocycles. The smallest absolute Gasteiger partial charge is 0.383 e. The van der Waals surface area contributed by atoms with Crippen molar-refractivity contribution in [3.05, 3.63) is 0 Å². The van der Waals surface area contributed by atoms with Crippen LogP contribution < -0.4 is 0 Å². The van der Waals surface area contributed by atoms with Crippen molar-refractivity contribution >= 4 is 17.5 Å². The number of ether oxygens (including phenoxy) is 2. The molecule has 0 aromatic rings. The van der Waals surface area contributed by atoms with Crippen LogP contribution in [-0.4, -0.2) is 48.1 Å². The quantitative estimate of drug-likeness (QED) is 0.438. The van der Waals surface area contributed by atoms with Gasteiger partial charge in [0.05, 0.1) is 6.61 Å². The Kier molecular flexibility index (Phi) is 3.32. The average molecular weight is 202 g/mol. The second-order valence-electron chi connectivity index (χ2n) is 2.75. The van der Waals surface area contributed by atoms with Gasteiger partial charge in [-0.25, -0.2) is 4.79 Å². The summed E-state index contributed by atoms with van der Waals surface area (Å²) in [5.41, 5.74) is 0. The lowest BCUT2D eigenvalue weighted by Crippen LogP contribution is -2.36. The number of esters is 1. The first-order valence-corrected chi connectivity index (χ1v) is 4.13. The third kappa shape index (κ3) is 1.97. The Morgan fingerprint density at radius 3 is 2.57 bits per heavy atom. The van der Waals surface area contributed by atoms with E-state index >= 15 is 0 Å². The normalized spacial score (nSPS) is 23.9. The predicted molar refractivity (Wildman–Crippen MR) is 42.4 cm³/mol. The molecule has 78 valence electrons. The second kappa shape index (κ2) is 4.30. The molecule has 0 bridgehead atoms. The molecule has 1 aliphatic heterocycles. The van der Waals surface area contributed by atoms with E-state index in [4.69, 9.17) is 4.74 Å². The standard InChI is InChI=1S/C8H10O6/c1-2-13-3-4(9)7-5(10)6(11)8(12)14-7/h4,7,9H,2-3H2,1H3. The molecule has 0 aromatic carbocycles. The van der Waals surface area contributed by atoms with Gasteiger partial charge in [0, 0.05) is 6.61 Å². The van der Waals surface area contributed by atoms with Gasteiger partial charge in [0.2, 0.25) is 0 Å². The van der Waals surface area contributed by atoms with Crippen molar-refractivity contribution in [1.29, 1.82) is 0 Å². The van der Waals surface area contributed by atoms with E-state index in [1.54, 1.807) is 6.92 Å². The molecule has 1 fully saturated rings. The molecule has 1 saturated heterocycles. The first kappa shape index (κ1) is 10.8. The minimum atomic E-state index is -1.40. The highest BCUT2D eigenvalue weighted by Gasteiger charge is 2.45. The summed E-state index contributed by atoms with van der Waals surface area (Å²) in [7, 11) is 0. The Hall–Kier alpha value is -1.27. The highest BCUT2D eigenvalue weighted by Crippen LogP contribution is 2.11. The van der Waals surface area contributed by atoms with Crippen LogP contribution in [0.4, 0.5) is 0 Å². The summed E-state index contributed by atoms with van der Waals surface area (Å²) < 4.78 is 9.20. The van der Waals surface area contributed by atoms with Crippen molar-refractivity contribution in [3.63, 3.8) is 0 Å². The zero-order chi connectivity index (χ0) is 10.7. The minimum absolute atomic E-state index is 0.145. The van der Waals surface area contributed by atoms with E-state index in [9.17, 15) is 19.5 Å². The summed E-state index contributed by atoms with van der Waals surface area (Å²) in [4.78, 5) is 32.4. The van der Waals surface area contributed by atoms with E-state index in [-0.39, 0.29) is 6.61 Å². The molecular weight excluding hydrogens is 192 g/mol. The lowest BCUT2D eigenvalue weighted by Gasteiger charge is -2.14. The van der Waals surface area contributed by atoms with Gasteiger partial charge in [-0.05, 0) is 6.92 Å². The Morgan fingerprint density at radius 1 is 1.50 bits per heavy atom. The summed E-state index contributed by atoms with van der Waals surface area (Å²) in [6.07, 6.45) is -2.68. The maximum atomic E-state index is 11.0. The lowest BCUT2D eigenvalue weighted by molar-refractivity contribution is -0.152. The summed E-state index contributed by atoms with van der Waals surface area (Å²) in [5, 5.41) is 9.31. The van der Waals surface area contributed by atoms with Crippen molar-refractivity contribution < 1.29 is 29.0 Å². The molecule has 1 aliphatic rings. The number of rotatable bonds is 4. The molecule has 0 spiro atoms. The second-order valence-corrected chi connectivity index (χ2v) is 2.75. The van der Waals surface area contributed by atoms with Crippen LogP contribution in [0.25, 0.3) is 0 Å². The van der Waals surface area contributed by atoms with Crippen LogP contribution >= 0.6 is 0 Å². The largest absolute Gasteiger partial charge is 0.445 e. The highest BCUT2D eigenvalue weighted by atomic mass is 16.6. The number of carbonyl (C=O) groups is 3. The number of carbonyl (C=O) groups excluding carboxylic acids is 3. The zero-order valence-electron chi connectivity index (χ0n) is 7.56. The van der Waals surface area contributed by atoms with Crippen molar-refractivity contribution in [3.8, 4) is 0 Å². The van der Waals surface area contributed by atoms with Gasteiger partial charge in [-0.3, -0.25) is 9.59 Å². The number of hydrogen-bond acceptors (Lipinski definition) is 6. The highest BCUT2D eigenvalue weighted by molar-refractivity contribution is 6.65. The molecule has 2 atom stereocenters. The fourth-order valence-corrected chi connectivity index (χ4v) is 1.03. The predicted octanol–water partition coefficient (Wildman–Crippen LogP) is -1.55. The van der Waals surface area contributed by atoms with E-state index in [0.717, 1.165) is 0 Å². The molecule has 6 nitrogen and oxygen atoms in total. The molecule has 6 heteroatoms. The Bertz CT molecular complexity index is 271. The summed E-state index contributed by atoms with van der Waals surface area (Å²) in [6, 6.07) is 0. The van der Waals surface area contributed by atoms with Gasteiger partial charge in [0.1, 0.15) is 6.10 Å². The van der Waals surface area contributed by atoms with Gasteiger partial charge in [-0.1, -0.05) is 0 Å². The third-order valence-electron chi connectivity index (χ3n) is 1.74. The molecule has 2 unspecified atom stereocenters. The van der Waals surface area contributed by atoms with Gasteiger partial charge in [0.25, 0.3) is 5.78 Å². The summed E-state index contributed by atoms with van der Waals surface area (Å²) >= 11 is 0. The molecule has 0 saturated carbocycles. The van der Waals surface area contributed by atoms with Crippen molar-refractivity contribution in [2.45, 2.75) is 19.1 Å². The summed E-state index contributed by atoms with van der Waals surface area (Å²) in [6.45, 7) is 1.92. The molecule has 1 rings (SSSR count). The van der Waals surface area contributed by atoms with Gasteiger partial charge < -0.3 is 14.6 Å². The molecule has 0 amide bonds. The van der Waals surface area contributed by atoms with E-state index in [0.29, 0.717) is 6.61 Å². The Balaban J connectivity index is 2.57. The van der Waals surface area contributed by atoms with E-state index in [2.05, 4.69) is 4.74 Å². The molecule has 1 heterocycles. The van der Waals surface area contributed by atoms with Crippen molar-refractivity contribution in [2.75, 3.05) is 13.2 Å². The van der Waals surface area contributed by atoms with Gasteiger partial charge >= 0.3 is 11.8 Å². The number of ketones is 2. The van der Waals surface area contributed by atoms with Crippen LogP contribution in [0.5, 0.6) is 0 Å². The Labute approximate surface area is 79.8 Å². The SMILES string of the molecule is CCOCC(O)C1OC(=O)C(=O)C1=O. The van der Waals surface area contributed by atoms with Crippen molar-refractivity contribution in [1.82, 2.24) is 0 Å². The van der Waals surface area contributed by atoms with Crippen LogP contribution in [-0.2, 0) is 23.9 Å². The first-order valence-electron chi connectivity index (χ1n) is 4.13. The van der Waals surface area contributed by atoms with E-state index < -0.39 is 29.7 Å². The third-order valence-corrected chi connectivity index (χ3v) is 1.74. The lowest BCUT2D eigenvalue weighted by atomic mass is 10.1. The van der Waals surface area contributed by atoms with E-state index in [1.807, 2.05) is 0 Å². The van der Waals surface area contributed by atoms with E-state index in [1.165, 1.54) is 0 Å². The number of Topliss-reactive ketones (excluding diaryl/α,β-unsaturated/α-hetero) is 2. The van der Waals surface area contributed by atoms with Crippen LogP contribution in [0.1, 0.15) is 6.92 Å². The maximum Gasteiger partial charge on any atom is 0.383 e. The number of cyclic esters (lactones) is 1. The van der Waals surface area contributed by atoms with Crippen LogP contribution in [0.15, 0.2) is 0 Å². The molecular formula is C8H10O6. The molecule has 14 heavy (non-hydrogen) atoms. The van der Waals surface area contributed by atoms with Gasteiger partial charge in [-0.15, -0.1) is 0 Å². The summed E-state index contributed by atoms with van der Waals surface area (Å²) in [5.74, 6) is -3.44. The zero-order valence-corrected chi connectivity index (χ0v) is 7.56. The minimum Gasteiger partial charge on any atom is -0.445 e. The molecule has 0 radical (unpaired) electrons. The van der Waals surface area contributed by atoms with Crippen LogP contribution in [0.2, 0.25) is 0 Å². The maximum absolute atomic E-state index is 11.0. The molecule has 1 N–H and O–H groups in total. The molecule has 0 aliphatic carbocycles. The number of aliphatic hydroxyl groups is 1. The van der Waals surface area contributed by atoms with Crippen molar-refractivity contribution in [2.24, 2.45) is 0 Å². The number of hydrogen-bond donors (Lipinski definition) is 1. The topological polar surface area (TPSA) is 89.9 Å². The fraction of sp³-hybridized carbons (Fsp3) is 0.625. The van der Waals surface area contributed by atoms with Crippen LogP contribution in [0.3, 0.4) is 0 Å². The van der Waals surface area contributed by atoms with Gasteiger partial charge in [-0.2, -0.15) is 0 Å². The monoisotopic (exact) mass is 202 g/mol. The fourth-order valence-electron chi connectivity index (χ4n) is 1.03. The first-order chi connectivity index (χ1) is 6.57.